The summed E-state index contributed by atoms with van der Waals surface area (Å²) in [6, 6.07) is 18.5. The van der Waals surface area contributed by atoms with Crippen molar-refractivity contribution < 1.29 is 4.79 Å². The second-order valence-electron chi connectivity index (χ2n) is 5.87. The molecule has 4 rings (SSSR count). The Morgan fingerprint density at radius 3 is 2.44 bits per heavy atom. The number of benzene rings is 2. The van der Waals surface area contributed by atoms with Crippen LogP contribution in [0.5, 0.6) is 0 Å². The molecule has 0 N–H and O–H groups in total. The number of carbonyl (C=O) groups is 1. The average Bonchev–Trinajstić information content (AvgIpc) is 2.99. The fraction of sp³-hybridized carbons (Fsp3) is 0. The van der Waals surface area contributed by atoms with E-state index in [-0.39, 0.29) is 5.91 Å². The number of halogens is 2. The Morgan fingerprint density at radius 1 is 1.00 bits per heavy atom. The molecule has 1 aliphatic rings. The number of hydrogen-bond acceptors (Lipinski definition) is 3. The Morgan fingerprint density at radius 2 is 1.74 bits per heavy atom. The van der Waals surface area contributed by atoms with Crippen LogP contribution in [0, 0.1) is 0 Å². The first-order chi connectivity index (χ1) is 13.1. The van der Waals surface area contributed by atoms with Gasteiger partial charge in [-0.05, 0) is 66.2 Å². The quantitative estimate of drug-likeness (QED) is 0.519. The summed E-state index contributed by atoms with van der Waals surface area (Å²) < 4.78 is 0.884. The molecule has 1 aromatic heterocycles. The molecule has 4 nitrogen and oxygen atoms in total. The van der Waals surface area contributed by atoms with E-state index in [0.29, 0.717) is 16.6 Å². The summed E-state index contributed by atoms with van der Waals surface area (Å²) in [6.07, 6.45) is 5.13. The van der Waals surface area contributed by atoms with Crippen molar-refractivity contribution in [2.75, 3.05) is 4.90 Å². The molecule has 27 heavy (non-hydrogen) atoms. The van der Waals surface area contributed by atoms with Gasteiger partial charge in [0.25, 0.3) is 5.91 Å². The maximum Gasteiger partial charge on any atom is 0.282 e. The summed E-state index contributed by atoms with van der Waals surface area (Å²) in [5.41, 5.74) is 2.78. The fourth-order valence-electron chi connectivity index (χ4n) is 2.78. The highest BCUT2D eigenvalue weighted by Gasteiger charge is 2.32. The lowest BCUT2D eigenvalue weighted by Crippen LogP contribution is -2.32. The summed E-state index contributed by atoms with van der Waals surface area (Å²) in [7, 11) is 0. The lowest BCUT2D eigenvalue weighted by molar-refractivity contribution is -0.113. The molecular weight excluding hydrogens is 426 g/mol. The predicted molar refractivity (Wildman–Crippen MR) is 112 cm³/mol. The minimum Gasteiger partial charge on any atom is -0.266 e. The first-order valence-corrected chi connectivity index (χ1v) is 9.35. The average molecular weight is 439 g/mol. The summed E-state index contributed by atoms with van der Waals surface area (Å²) in [5.74, 6) is 0.380. The third kappa shape index (κ3) is 3.70. The zero-order valence-electron chi connectivity index (χ0n) is 14.0. The molecule has 0 bridgehead atoms. The van der Waals surface area contributed by atoms with Gasteiger partial charge in [-0.25, -0.2) is 4.99 Å². The number of anilines is 1. The van der Waals surface area contributed by atoms with Gasteiger partial charge in [-0.3, -0.25) is 14.7 Å². The molecule has 2 heterocycles. The Kier molecular flexibility index (Phi) is 4.88. The Bertz CT molecular complexity index is 1060. The largest absolute Gasteiger partial charge is 0.282 e. The molecule has 0 aliphatic carbocycles. The van der Waals surface area contributed by atoms with Crippen LogP contribution >= 0.6 is 27.5 Å². The van der Waals surface area contributed by atoms with E-state index in [2.05, 4.69) is 25.9 Å². The molecule has 0 fully saturated rings. The number of pyridine rings is 1. The first kappa shape index (κ1) is 17.6. The normalized spacial score (nSPS) is 15.3. The topological polar surface area (TPSA) is 45.6 Å². The third-order valence-electron chi connectivity index (χ3n) is 4.04. The van der Waals surface area contributed by atoms with Gasteiger partial charge in [0, 0.05) is 27.5 Å². The van der Waals surface area contributed by atoms with Crippen molar-refractivity contribution in [2.24, 2.45) is 4.99 Å². The van der Waals surface area contributed by atoms with Crippen LogP contribution in [0.15, 0.2) is 88.2 Å². The molecule has 1 amide bonds. The first-order valence-electron chi connectivity index (χ1n) is 8.18. The number of nitrogens with zero attached hydrogens (tertiary/aromatic N) is 3. The molecule has 6 heteroatoms. The summed E-state index contributed by atoms with van der Waals surface area (Å²) in [6.45, 7) is 0. The maximum atomic E-state index is 13.2. The van der Waals surface area contributed by atoms with Gasteiger partial charge in [-0.2, -0.15) is 0 Å². The number of rotatable bonds is 3. The number of amidine groups is 1. The van der Waals surface area contributed by atoms with E-state index in [0.717, 1.165) is 21.3 Å². The van der Waals surface area contributed by atoms with Crippen LogP contribution in [-0.4, -0.2) is 16.7 Å². The molecule has 1 aliphatic heterocycles. The highest BCUT2D eigenvalue weighted by molar-refractivity contribution is 9.10. The standard InChI is InChI=1S/C21H13BrClN3O/c22-16-2-1-3-18(13-16)26-20(15-4-6-17(23)7-5-15)25-19(21(26)27)12-14-8-10-24-11-9-14/h1-13H/b19-12+. The van der Waals surface area contributed by atoms with Crippen molar-refractivity contribution in [1.82, 2.24) is 4.98 Å². The molecule has 132 valence electrons. The zero-order chi connectivity index (χ0) is 18.8. The van der Waals surface area contributed by atoms with Crippen molar-refractivity contribution in [1.29, 1.82) is 0 Å². The van der Waals surface area contributed by atoms with E-state index < -0.39 is 0 Å². The van der Waals surface area contributed by atoms with Crippen LogP contribution in [-0.2, 0) is 4.79 Å². The molecule has 0 unspecified atom stereocenters. The number of hydrogen-bond donors (Lipinski definition) is 0. The van der Waals surface area contributed by atoms with Crippen LogP contribution in [0.3, 0.4) is 0 Å². The molecule has 3 aromatic rings. The molecule has 0 atom stereocenters. The summed E-state index contributed by atoms with van der Waals surface area (Å²) in [4.78, 5) is 23.4. The van der Waals surface area contributed by atoms with Crippen LogP contribution in [0.2, 0.25) is 5.02 Å². The van der Waals surface area contributed by atoms with Gasteiger partial charge >= 0.3 is 0 Å². The van der Waals surface area contributed by atoms with Crippen molar-refractivity contribution in [2.45, 2.75) is 0 Å². The maximum absolute atomic E-state index is 13.2. The van der Waals surface area contributed by atoms with Gasteiger partial charge in [0.05, 0.1) is 5.69 Å². The lowest BCUT2D eigenvalue weighted by Gasteiger charge is -2.18. The predicted octanol–water partition coefficient (Wildman–Crippen LogP) is 5.33. The zero-order valence-corrected chi connectivity index (χ0v) is 16.4. The van der Waals surface area contributed by atoms with Gasteiger partial charge in [-0.1, -0.05) is 33.6 Å². The van der Waals surface area contributed by atoms with Crippen molar-refractivity contribution >= 4 is 51.0 Å². The third-order valence-corrected chi connectivity index (χ3v) is 4.78. The van der Waals surface area contributed by atoms with Gasteiger partial charge < -0.3 is 0 Å². The number of carbonyl (C=O) groups excluding carboxylic acids is 1. The molecule has 2 aromatic carbocycles. The Hall–Kier alpha value is -2.76. The second-order valence-corrected chi connectivity index (χ2v) is 7.22. The van der Waals surface area contributed by atoms with Crippen molar-refractivity contribution in [3.63, 3.8) is 0 Å². The van der Waals surface area contributed by atoms with Crippen LogP contribution in [0.25, 0.3) is 6.08 Å². The summed E-state index contributed by atoms with van der Waals surface area (Å²) >= 11 is 9.48. The number of aliphatic imine (C=N–C) groups is 1. The molecular formula is C21H13BrClN3O. The van der Waals surface area contributed by atoms with E-state index >= 15 is 0 Å². The van der Waals surface area contributed by atoms with Crippen molar-refractivity contribution in [3.05, 3.63) is 99.4 Å². The van der Waals surface area contributed by atoms with E-state index in [4.69, 9.17) is 11.6 Å². The fourth-order valence-corrected chi connectivity index (χ4v) is 3.29. The van der Waals surface area contributed by atoms with Crippen LogP contribution < -0.4 is 4.90 Å². The van der Waals surface area contributed by atoms with Gasteiger partial charge in [-0.15, -0.1) is 0 Å². The van der Waals surface area contributed by atoms with E-state index in [1.807, 2.05) is 48.5 Å². The summed E-state index contributed by atoms with van der Waals surface area (Å²) in [5, 5.41) is 0.630. The minimum absolute atomic E-state index is 0.185. The van der Waals surface area contributed by atoms with Crippen molar-refractivity contribution in [3.8, 4) is 0 Å². The van der Waals surface area contributed by atoms with Crippen LogP contribution in [0.4, 0.5) is 5.69 Å². The second kappa shape index (κ2) is 7.47. The highest BCUT2D eigenvalue weighted by Crippen LogP contribution is 2.29. The van der Waals surface area contributed by atoms with Gasteiger partial charge in [0.2, 0.25) is 0 Å². The van der Waals surface area contributed by atoms with Crippen LogP contribution in [0.1, 0.15) is 11.1 Å². The van der Waals surface area contributed by atoms with E-state index in [1.165, 1.54) is 0 Å². The Balaban J connectivity index is 1.84. The molecule has 0 radical (unpaired) electrons. The minimum atomic E-state index is -0.185. The molecule has 0 saturated heterocycles. The smallest absolute Gasteiger partial charge is 0.266 e. The SMILES string of the molecule is O=C1/C(=C\c2ccncc2)N=C(c2ccc(Cl)cc2)N1c1cccc(Br)c1. The van der Waals surface area contributed by atoms with Gasteiger partial charge in [0.1, 0.15) is 11.5 Å². The monoisotopic (exact) mass is 437 g/mol. The highest BCUT2D eigenvalue weighted by atomic mass is 79.9. The van der Waals surface area contributed by atoms with E-state index in [1.54, 1.807) is 35.5 Å². The van der Waals surface area contributed by atoms with Gasteiger partial charge in [0.15, 0.2) is 0 Å². The van der Waals surface area contributed by atoms with E-state index in [9.17, 15) is 4.79 Å². The number of amides is 1. The lowest BCUT2D eigenvalue weighted by atomic mass is 10.1. The number of aromatic nitrogens is 1. The Labute approximate surface area is 170 Å². The molecule has 0 saturated carbocycles. The molecule has 0 spiro atoms.